The number of nitrogens with zero attached hydrogens (tertiary/aromatic N) is 1. The molecule has 1 aliphatic heterocycles. The normalized spacial score (nSPS) is 22.4. The van der Waals surface area contributed by atoms with Crippen molar-refractivity contribution in [3.63, 3.8) is 0 Å². The highest BCUT2D eigenvalue weighted by molar-refractivity contribution is 7.89. The van der Waals surface area contributed by atoms with Crippen molar-refractivity contribution in [3.8, 4) is 0 Å². The summed E-state index contributed by atoms with van der Waals surface area (Å²) >= 11 is 18.8. The molecule has 0 aliphatic carbocycles. The second-order valence-corrected chi connectivity index (χ2v) is 8.91. The summed E-state index contributed by atoms with van der Waals surface area (Å²) in [5.74, 6) is 0.300. The lowest BCUT2D eigenvalue weighted by atomic mass is 10.1. The Morgan fingerprint density at radius 1 is 1.32 bits per heavy atom. The van der Waals surface area contributed by atoms with E-state index >= 15 is 0 Å². The molecular formula is C11H14Cl3NO2S2. The van der Waals surface area contributed by atoms with Crippen molar-refractivity contribution in [2.24, 2.45) is 0 Å². The minimum Gasteiger partial charge on any atom is -0.207 e. The summed E-state index contributed by atoms with van der Waals surface area (Å²) in [6.45, 7) is 0.490. The first-order valence-electron chi connectivity index (χ1n) is 5.99. The summed E-state index contributed by atoms with van der Waals surface area (Å²) in [5.41, 5.74) is 0. The molecule has 2 rings (SSSR count). The summed E-state index contributed by atoms with van der Waals surface area (Å²) in [5, 5.41) is 0. The number of rotatable bonds is 3. The fourth-order valence-corrected chi connectivity index (χ4v) is 6.46. The Morgan fingerprint density at radius 3 is 2.63 bits per heavy atom. The van der Waals surface area contributed by atoms with Gasteiger partial charge >= 0.3 is 0 Å². The minimum absolute atomic E-state index is 0.0983. The van der Waals surface area contributed by atoms with Crippen molar-refractivity contribution in [3.05, 3.63) is 14.7 Å². The molecule has 0 bridgehead atoms. The molecule has 19 heavy (non-hydrogen) atoms. The maximum absolute atomic E-state index is 12.7. The number of halogens is 3. The highest BCUT2D eigenvalue weighted by atomic mass is 35.5. The Bertz CT molecular complexity index is 544. The summed E-state index contributed by atoms with van der Waals surface area (Å²) in [6.07, 6.45) is 3.67. The molecule has 0 N–H and O–H groups in total. The fourth-order valence-electron chi connectivity index (χ4n) is 2.25. The van der Waals surface area contributed by atoms with E-state index in [4.69, 9.17) is 34.8 Å². The Balaban J connectivity index is 2.39. The lowest BCUT2D eigenvalue weighted by molar-refractivity contribution is 0.345. The van der Waals surface area contributed by atoms with Gasteiger partial charge in [0, 0.05) is 18.5 Å². The number of alkyl halides is 1. The monoisotopic (exact) mass is 361 g/mol. The molecule has 1 atom stereocenters. The molecule has 0 amide bonds. The molecule has 1 fully saturated rings. The van der Waals surface area contributed by atoms with Crippen LogP contribution in [0.25, 0.3) is 0 Å². The zero-order valence-electron chi connectivity index (χ0n) is 10.1. The van der Waals surface area contributed by atoms with Crippen LogP contribution in [0.3, 0.4) is 0 Å². The first kappa shape index (κ1) is 15.9. The van der Waals surface area contributed by atoms with Crippen molar-refractivity contribution in [1.29, 1.82) is 0 Å². The van der Waals surface area contributed by atoms with Gasteiger partial charge in [0.1, 0.15) is 9.23 Å². The van der Waals surface area contributed by atoms with Crippen molar-refractivity contribution >= 4 is 56.2 Å². The van der Waals surface area contributed by atoms with E-state index in [1.807, 2.05) is 0 Å². The molecule has 1 saturated heterocycles. The fraction of sp³-hybridized carbons (Fsp3) is 0.636. The van der Waals surface area contributed by atoms with E-state index in [-0.39, 0.29) is 15.3 Å². The maximum atomic E-state index is 12.7. The second kappa shape index (κ2) is 6.50. The summed E-state index contributed by atoms with van der Waals surface area (Å²) < 4.78 is 27.4. The first-order chi connectivity index (χ1) is 8.96. The quantitative estimate of drug-likeness (QED) is 0.755. The Hall–Kier alpha value is 0.480. The molecule has 0 radical (unpaired) electrons. The van der Waals surface area contributed by atoms with Gasteiger partial charge in [0.05, 0.1) is 4.34 Å². The van der Waals surface area contributed by atoms with E-state index in [1.165, 1.54) is 10.4 Å². The lowest BCUT2D eigenvalue weighted by Crippen LogP contribution is -2.40. The summed E-state index contributed by atoms with van der Waals surface area (Å²) in [6, 6.07) is 1.25. The van der Waals surface area contributed by atoms with Crippen LogP contribution in [0.2, 0.25) is 8.67 Å². The second-order valence-electron chi connectivity index (χ2n) is 4.46. The molecule has 8 heteroatoms. The van der Waals surface area contributed by atoms with Crippen molar-refractivity contribution in [2.45, 2.75) is 36.6 Å². The van der Waals surface area contributed by atoms with Gasteiger partial charge in [-0.05, 0) is 18.9 Å². The standard InChI is InChI=1S/C11H14Cl3NO2S2/c12-7-8-4-2-1-3-5-15(8)19(16,17)9-6-10(13)18-11(9)14/h6,8H,1-5,7H2. The molecular weight excluding hydrogens is 349 g/mol. The predicted molar refractivity (Wildman–Crippen MR) is 81.2 cm³/mol. The van der Waals surface area contributed by atoms with Gasteiger partial charge in [-0.25, -0.2) is 8.42 Å². The van der Waals surface area contributed by atoms with Crippen LogP contribution in [0, 0.1) is 0 Å². The van der Waals surface area contributed by atoms with Gasteiger partial charge in [0.25, 0.3) is 0 Å². The van der Waals surface area contributed by atoms with Gasteiger partial charge in [0.15, 0.2) is 0 Å². The Kier molecular flexibility index (Phi) is 5.42. The van der Waals surface area contributed by atoms with E-state index in [0.29, 0.717) is 16.8 Å². The molecule has 108 valence electrons. The molecule has 1 aromatic rings. The lowest BCUT2D eigenvalue weighted by Gasteiger charge is -2.27. The molecule has 3 nitrogen and oxygen atoms in total. The first-order valence-corrected chi connectivity index (χ1v) is 9.54. The van der Waals surface area contributed by atoms with Gasteiger partial charge in [0.2, 0.25) is 10.0 Å². The van der Waals surface area contributed by atoms with E-state index in [1.54, 1.807) is 0 Å². The highest BCUT2D eigenvalue weighted by Gasteiger charge is 2.34. The predicted octanol–water partition coefficient (Wildman–Crippen LogP) is 4.23. The van der Waals surface area contributed by atoms with Crippen LogP contribution in [-0.2, 0) is 10.0 Å². The topological polar surface area (TPSA) is 37.4 Å². The molecule has 0 spiro atoms. The third-order valence-corrected chi connectivity index (χ3v) is 7.27. The zero-order chi connectivity index (χ0) is 14.0. The molecule has 0 saturated carbocycles. The smallest absolute Gasteiger partial charge is 0.207 e. The Morgan fingerprint density at radius 2 is 2.05 bits per heavy atom. The summed E-state index contributed by atoms with van der Waals surface area (Å²) in [4.78, 5) is 0.0983. The Labute approximate surface area is 132 Å². The third kappa shape index (κ3) is 3.39. The van der Waals surface area contributed by atoms with Crippen molar-refractivity contribution in [1.82, 2.24) is 4.31 Å². The average molecular weight is 363 g/mol. The van der Waals surface area contributed by atoms with Crippen LogP contribution in [-0.4, -0.2) is 31.2 Å². The van der Waals surface area contributed by atoms with Crippen LogP contribution < -0.4 is 0 Å². The van der Waals surface area contributed by atoms with Crippen molar-refractivity contribution in [2.75, 3.05) is 12.4 Å². The van der Waals surface area contributed by atoms with Gasteiger partial charge in [-0.1, -0.05) is 36.0 Å². The van der Waals surface area contributed by atoms with Gasteiger partial charge in [-0.15, -0.1) is 22.9 Å². The number of thiophene rings is 1. The molecule has 1 aliphatic rings. The summed E-state index contributed by atoms with van der Waals surface area (Å²) in [7, 11) is -3.61. The van der Waals surface area contributed by atoms with Gasteiger partial charge < -0.3 is 0 Å². The minimum atomic E-state index is -3.61. The van der Waals surface area contributed by atoms with E-state index in [9.17, 15) is 8.42 Å². The van der Waals surface area contributed by atoms with E-state index in [2.05, 4.69) is 0 Å². The van der Waals surface area contributed by atoms with Gasteiger partial charge in [-0.2, -0.15) is 4.31 Å². The van der Waals surface area contributed by atoms with Crippen LogP contribution in [0.1, 0.15) is 25.7 Å². The molecule has 2 heterocycles. The van der Waals surface area contributed by atoms with Crippen molar-refractivity contribution < 1.29 is 8.42 Å². The van der Waals surface area contributed by atoms with Crippen LogP contribution in [0.4, 0.5) is 0 Å². The average Bonchev–Trinajstić information content (AvgIpc) is 2.59. The molecule has 1 unspecified atom stereocenters. The number of sulfonamides is 1. The van der Waals surface area contributed by atoms with Crippen LogP contribution in [0.5, 0.6) is 0 Å². The van der Waals surface area contributed by atoms with Crippen LogP contribution >= 0.6 is 46.1 Å². The molecule has 1 aromatic heterocycles. The zero-order valence-corrected chi connectivity index (χ0v) is 14.0. The van der Waals surface area contributed by atoms with Crippen LogP contribution in [0.15, 0.2) is 11.0 Å². The van der Waals surface area contributed by atoms with E-state index < -0.39 is 10.0 Å². The third-order valence-electron chi connectivity index (χ3n) is 3.21. The maximum Gasteiger partial charge on any atom is 0.245 e. The SMILES string of the molecule is O=S(=O)(c1cc(Cl)sc1Cl)N1CCCCCC1CCl. The number of hydrogen-bond acceptors (Lipinski definition) is 3. The van der Waals surface area contributed by atoms with Gasteiger partial charge in [-0.3, -0.25) is 0 Å². The highest BCUT2D eigenvalue weighted by Crippen LogP contribution is 2.37. The largest absolute Gasteiger partial charge is 0.245 e. The molecule has 0 aromatic carbocycles. The number of hydrogen-bond donors (Lipinski definition) is 0. The van der Waals surface area contributed by atoms with E-state index in [0.717, 1.165) is 37.0 Å².